The first-order valence-electron chi connectivity index (χ1n) is 13.1. The van der Waals surface area contributed by atoms with Gasteiger partial charge in [-0.1, -0.05) is 0 Å². The van der Waals surface area contributed by atoms with Crippen molar-refractivity contribution in [3.63, 3.8) is 0 Å². The number of amides is 1. The lowest BCUT2D eigenvalue weighted by molar-refractivity contribution is 0.0943. The van der Waals surface area contributed by atoms with Crippen molar-refractivity contribution in [2.24, 2.45) is 24.8 Å². The van der Waals surface area contributed by atoms with Crippen molar-refractivity contribution in [2.75, 3.05) is 43.5 Å². The standard InChI is InChI=1S/C26H32N10O3/c1-3-29-24(37)23-32-25(34-26(33-23)39-14-19-8-17(19)10-27)36-6-4-16(5-7-36)13-38-21-9-18(11-30-22(21)28)20-12-35(2)15-31-20/h9,11-12,15-17,19H,3-8,13-14H2,1-2H3,(H2,28,30)(H,29,37)/t17-,19+/m1/s1. The zero-order valence-corrected chi connectivity index (χ0v) is 22.1. The topological polar surface area (TPSA) is 170 Å². The molecular weight excluding hydrogens is 500 g/mol. The normalized spacial score (nSPS) is 18.8. The number of nitriles is 1. The van der Waals surface area contributed by atoms with Crippen molar-refractivity contribution in [2.45, 2.75) is 26.2 Å². The molecule has 0 spiro atoms. The smallest absolute Gasteiger partial charge is 0.321 e. The minimum Gasteiger partial charge on any atom is -0.489 e. The molecular formula is C26H32N10O3. The molecule has 5 rings (SSSR count). The third-order valence-corrected chi connectivity index (χ3v) is 6.91. The lowest BCUT2D eigenvalue weighted by Crippen LogP contribution is -2.37. The third-order valence-electron chi connectivity index (χ3n) is 6.91. The zero-order valence-electron chi connectivity index (χ0n) is 22.1. The first kappa shape index (κ1) is 26.1. The molecule has 4 heterocycles. The van der Waals surface area contributed by atoms with E-state index >= 15 is 0 Å². The number of carbonyl (C=O) groups excluding carboxylic acids is 1. The number of pyridine rings is 1. The van der Waals surface area contributed by atoms with E-state index in [0.29, 0.717) is 56.3 Å². The lowest BCUT2D eigenvalue weighted by atomic mass is 9.98. The number of nitrogens with one attached hydrogen (secondary N) is 1. The Balaban J connectivity index is 1.20. The summed E-state index contributed by atoms with van der Waals surface area (Å²) in [5.74, 6) is 1.42. The minimum atomic E-state index is -0.380. The number of nitrogen functional groups attached to an aromatic ring is 1. The molecule has 39 heavy (non-hydrogen) atoms. The van der Waals surface area contributed by atoms with Gasteiger partial charge in [-0.15, -0.1) is 0 Å². The summed E-state index contributed by atoms with van der Waals surface area (Å²) in [5, 5.41) is 11.8. The quantitative estimate of drug-likeness (QED) is 0.390. The molecule has 1 saturated heterocycles. The molecule has 1 amide bonds. The summed E-state index contributed by atoms with van der Waals surface area (Å²) >= 11 is 0. The largest absolute Gasteiger partial charge is 0.489 e. The summed E-state index contributed by atoms with van der Waals surface area (Å²) in [7, 11) is 1.91. The SMILES string of the molecule is CCNC(=O)c1nc(OC[C@@H]2C[C@@H]2C#N)nc(N2CCC(COc3cc(-c4cn(C)cn4)cnc3N)CC2)n1. The lowest BCUT2D eigenvalue weighted by Gasteiger charge is -2.32. The van der Waals surface area contributed by atoms with Crippen molar-refractivity contribution < 1.29 is 14.3 Å². The van der Waals surface area contributed by atoms with Gasteiger partial charge < -0.3 is 30.0 Å². The predicted octanol–water partition coefficient (Wildman–Crippen LogP) is 1.83. The number of hydrogen-bond donors (Lipinski definition) is 2. The summed E-state index contributed by atoms with van der Waals surface area (Å²) < 4.78 is 13.7. The van der Waals surface area contributed by atoms with E-state index in [1.165, 1.54) is 0 Å². The maximum absolute atomic E-state index is 12.5. The molecule has 3 N–H and O–H groups in total. The van der Waals surface area contributed by atoms with E-state index in [1.54, 1.807) is 12.5 Å². The number of imidazole rings is 1. The number of rotatable bonds is 10. The van der Waals surface area contributed by atoms with E-state index in [1.807, 2.05) is 35.7 Å². The molecule has 0 bridgehead atoms. The predicted molar refractivity (Wildman–Crippen MR) is 142 cm³/mol. The molecule has 1 saturated carbocycles. The van der Waals surface area contributed by atoms with Gasteiger partial charge in [0.15, 0.2) is 11.6 Å². The second-order valence-corrected chi connectivity index (χ2v) is 9.92. The molecule has 1 aliphatic carbocycles. The van der Waals surface area contributed by atoms with Gasteiger partial charge >= 0.3 is 6.01 Å². The molecule has 2 fully saturated rings. The summed E-state index contributed by atoms with van der Waals surface area (Å²) in [6, 6.07) is 4.22. The summed E-state index contributed by atoms with van der Waals surface area (Å²) in [6.45, 7) is 4.51. The van der Waals surface area contributed by atoms with Crippen molar-refractivity contribution >= 4 is 17.7 Å². The van der Waals surface area contributed by atoms with Gasteiger partial charge in [-0.05, 0) is 38.2 Å². The highest BCUT2D eigenvalue weighted by atomic mass is 16.5. The van der Waals surface area contributed by atoms with Crippen LogP contribution in [0, 0.1) is 29.1 Å². The molecule has 3 aromatic heterocycles. The fraction of sp³-hybridized carbons (Fsp3) is 0.500. The van der Waals surface area contributed by atoms with Crippen molar-refractivity contribution in [3.05, 3.63) is 30.6 Å². The molecule has 0 radical (unpaired) electrons. The fourth-order valence-corrected chi connectivity index (χ4v) is 4.44. The second kappa shape index (κ2) is 11.5. The van der Waals surface area contributed by atoms with E-state index in [4.69, 9.17) is 20.5 Å². The van der Waals surface area contributed by atoms with Crippen molar-refractivity contribution in [3.8, 4) is 29.1 Å². The first-order valence-corrected chi connectivity index (χ1v) is 13.1. The number of piperidine rings is 1. The highest BCUT2D eigenvalue weighted by Gasteiger charge is 2.38. The minimum absolute atomic E-state index is 0.0130. The number of aryl methyl sites for hydroxylation is 1. The number of ether oxygens (including phenoxy) is 2. The van der Waals surface area contributed by atoms with Crippen LogP contribution in [-0.2, 0) is 7.05 Å². The van der Waals surface area contributed by atoms with Crippen LogP contribution >= 0.6 is 0 Å². The average molecular weight is 533 g/mol. The Hall–Kier alpha value is -4.47. The van der Waals surface area contributed by atoms with Crippen LogP contribution in [0.25, 0.3) is 11.3 Å². The van der Waals surface area contributed by atoms with Gasteiger partial charge in [0.2, 0.25) is 11.8 Å². The van der Waals surface area contributed by atoms with E-state index in [0.717, 1.165) is 30.5 Å². The molecule has 3 aromatic rings. The Morgan fingerprint density at radius 3 is 2.72 bits per heavy atom. The first-order chi connectivity index (χ1) is 18.9. The molecule has 0 aromatic carbocycles. The highest BCUT2D eigenvalue weighted by molar-refractivity contribution is 5.90. The van der Waals surface area contributed by atoms with Crippen LogP contribution in [0.15, 0.2) is 24.8 Å². The summed E-state index contributed by atoms with van der Waals surface area (Å²) in [5.41, 5.74) is 7.72. The summed E-state index contributed by atoms with van der Waals surface area (Å²) in [4.78, 5) is 36.2. The number of aromatic nitrogens is 6. The maximum atomic E-state index is 12.5. The Morgan fingerprint density at radius 1 is 1.21 bits per heavy atom. The van der Waals surface area contributed by atoms with Gasteiger partial charge in [-0.2, -0.15) is 20.2 Å². The van der Waals surface area contributed by atoms with Crippen LogP contribution in [0.4, 0.5) is 11.8 Å². The van der Waals surface area contributed by atoms with Gasteiger partial charge in [0.1, 0.15) is 0 Å². The molecule has 1 aliphatic heterocycles. The van der Waals surface area contributed by atoms with Crippen LogP contribution in [-0.4, -0.2) is 68.2 Å². The van der Waals surface area contributed by atoms with Crippen LogP contribution in [0.5, 0.6) is 11.8 Å². The van der Waals surface area contributed by atoms with E-state index in [-0.39, 0.29) is 29.6 Å². The van der Waals surface area contributed by atoms with E-state index in [2.05, 4.69) is 36.3 Å². The molecule has 0 unspecified atom stereocenters. The number of nitrogens with zero attached hydrogens (tertiary/aromatic N) is 8. The van der Waals surface area contributed by atoms with Crippen LogP contribution in [0.1, 0.15) is 36.8 Å². The Bertz CT molecular complexity index is 1360. The Morgan fingerprint density at radius 2 is 2.03 bits per heavy atom. The van der Waals surface area contributed by atoms with Gasteiger partial charge in [-0.25, -0.2) is 9.97 Å². The zero-order chi connectivity index (χ0) is 27.4. The van der Waals surface area contributed by atoms with Crippen molar-refractivity contribution in [1.82, 2.24) is 34.8 Å². The number of anilines is 2. The molecule has 13 heteroatoms. The maximum Gasteiger partial charge on any atom is 0.321 e. The van der Waals surface area contributed by atoms with Gasteiger partial charge in [-0.3, -0.25) is 4.79 Å². The monoisotopic (exact) mass is 532 g/mol. The van der Waals surface area contributed by atoms with Crippen LogP contribution in [0.3, 0.4) is 0 Å². The van der Waals surface area contributed by atoms with Gasteiger partial charge in [0, 0.05) is 50.6 Å². The van der Waals surface area contributed by atoms with E-state index in [9.17, 15) is 4.79 Å². The second-order valence-electron chi connectivity index (χ2n) is 9.92. The van der Waals surface area contributed by atoms with Crippen LogP contribution in [0.2, 0.25) is 0 Å². The third kappa shape index (κ3) is 6.34. The van der Waals surface area contributed by atoms with Gasteiger partial charge in [0.05, 0.1) is 37.2 Å². The molecule has 13 nitrogen and oxygen atoms in total. The van der Waals surface area contributed by atoms with E-state index < -0.39 is 0 Å². The molecule has 204 valence electrons. The number of carbonyl (C=O) groups is 1. The molecule has 2 atom stereocenters. The summed E-state index contributed by atoms with van der Waals surface area (Å²) in [6.07, 6.45) is 7.84. The number of hydrogen-bond acceptors (Lipinski definition) is 11. The Kier molecular flexibility index (Phi) is 7.72. The van der Waals surface area contributed by atoms with Crippen LogP contribution < -0.4 is 25.4 Å². The fourth-order valence-electron chi connectivity index (χ4n) is 4.44. The van der Waals surface area contributed by atoms with Crippen molar-refractivity contribution in [1.29, 1.82) is 5.26 Å². The Labute approximate surface area is 226 Å². The average Bonchev–Trinajstić information content (AvgIpc) is 3.59. The van der Waals surface area contributed by atoms with Gasteiger partial charge in [0.25, 0.3) is 5.91 Å². The molecule has 2 aliphatic rings. The highest BCUT2D eigenvalue weighted by Crippen LogP contribution is 2.37. The number of nitrogens with two attached hydrogens (primary N) is 1.